The predicted octanol–water partition coefficient (Wildman–Crippen LogP) is 3.40. The molecule has 7 nitrogen and oxygen atoms in total. The average molecular weight is 385 g/mol. The summed E-state index contributed by atoms with van der Waals surface area (Å²) in [6.45, 7) is 1.88. The van der Waals surface area contributed by atoms with Gasteiger partial charge in [-0.25, -0.2) is 9.97 Å². The van der Waals surface area contributed by atoms with Crippen molar-refractivity contribution in [2.45, 2.75) is 44.4 Å². The molecule has 4 heterocycles. The number of nitrogens with zero attached hydrogens (tertiary/aromatic N) is 6. The molecule has 0 amide bonds. The van der Waals surface area contributed by atoms with E-state index in [9.17, 15) is 0 Å². The van der Waals surface area contributed by atoms with E-state index < -0.39 is 0 Å². The maximum Gasteiger partial charge on any atom is 0.265 e. The molecule has 2 aliphatic rings. The smallest absolute Gasteiger partial charge is 0.265 e. The fourth-order valence-corrected chi connectivity index (χ4v) is 5.48. The molecule has 27 heavy (non-hydrogen) atoms. The third kappa shape index (κ3) is 2.96. The number of anilines is 2. The van der Waals surface area contributed by atoms with Crippen LogP contribution in [-0.2, 0) is 12.8 Å². The molecule has 142 valence electrons. The summed E-state index contributed by atoms with van der Waals surface area (Å²) in [5.74, 6) is 2.72. The van der Waals surface area contributed by atoms with Crippen LogP contribution in [0.25, 0.3) is 10.2 Å². The Balaban J connectivity index is 1.48. The Morgan fingerprint density at radius 1 is 1.19 bits per heavy atom. The summed E-state index contributed by atoms with van der Waals surface area (Å²) in [6, 6.07) is 0. The maximum atomic E-state index is 5.55. The van der Waals surface area contributed by atoms with E-state index in [2.05, 4.69) is 20.0 Å². The van der Waals surface area contributed by atoms with Crippen LogP contribution in [0, 0.1) is 0 Å². The van der Waals surface area contributed by atoms with Crippen LogP contribution in [0.3, 0.4) is 0 Å². The molecule has 5 rings (SSSR count). The van der Waals surface area contributed by atoms with Gasteiger partial charge in [0.25, 0.3) is 5.95 Å². The summed E-state index contributed by atoms with van der Waals surface area (Å²) in [5.41, 5.74) is 1.49. The van der Waals surface area contributed by atoms with Crippen LogP contribution in [0.2, 0.25) is 0 Å². The lowest BCUT2D eigenvalue weighted by molar-refractivity contribution is 0.333. The van der Waals surface area contributed by atoms with Gasteiger partial charge in [-0.05, 0) is 49.2 Å². The summed E-state index contributed by atoms with van der Waals surface area (Å²) >= 11 is 1.86. The Kier molecular flexibility index (Phi) is 4.22. The van der Waals surface area contributed by atoms with Gasteiger partial charge in [0.15, 0.2) is 0 Å². The van der Waals surface area contributed by atoms with E-state index >= 15 is 0 Å². The van der Waals surface area contributed by atoms with Crippen LogP contribution in [0.15, 0.2) is 10.9 Å². The lowest BCUT2D eigenvalue weighted by Gasteiger charge is -2.32. The predicted molar refractivity (Wildman–Crippen MR) is 107 cm³/mol. The average Bonchev–Trinajstić information content (AvgIpc) is 3.33. The molecule has 8 heteroatoms. The van der Waals surface area contributed by atoms with E-state index in [-0.39, 0.29) is 5.92 Å². The van der Waals surface area contributed by atoms with Gasteiger partial charge < -0.3 is 14.3 Å². The van der Waals surface area contributed by atoms with Crippen molar-refractivity contribution >= 4 is 33.3 Å². The first-order valence-electron chi connectivity index (χ1n) is 9.72. The number of rotatable bonds is 3. The maximum absolute atomic E-state index is 5.55. The Hall–Kier alpha value is -2.22. The molecule has 0 saturated carbocycles. The molecule has 0 bridgehead atoms. The summed E-state index contributed by atoms with van der Waals surface area (Å²) in [5, 5.41) is 5.37. The number of aromatic nitrogens is 4. The first kappa shape index (κ1) is 16.9. The van der Waals surface area contributed by atoms with Gasteiger partial charge >= 0.3 is 0 Å². The second-order valence-corrected chi connectivity index (χ2v) is 8.78. The van der Waals surface area contributed by atoms with E-state index in [1.165, 1.54) is 35.1 Å². The highest BCUT2D eigenvalue weighted by Crippen LogP contribution is 2.40. The minimum Gasteiger partial charge on any atom is -0.355 e. The summed E-state index contributed by atoms with van der Waals surface area (Å²) in [4.78, 5) is 20.8. The fourth-order valence-electron chi connectivity index (χ4n) is 4.26. The van der Waals surface area contributed by atoms with Crippen molar-refractivity contribution in [3.05, 3.63) is 22.7 Å². The molecule has 0 radical (unpaired) electrons. The van der Waals surface area contributed by atoms with Crippen molar-refractivity contribution < 1.29 is 4.52 Å². The third-order valence-electron chi connectivity index (χ3n) is 5.63. The Labute approximate surface area is 162 Å². The van der Waals surface area contributed by atoms with Crippen LogP contribution >= 0.6 is 11.3 Å². The molecular formula is C19H24N6OS. The molecule has 1 aliphatic carbocycles. The fraction of sp³-hybridized carbons (Fsp3) is 0.579. The number of aryl methyl sites for hydroxylation is 2. The molecule has 3 aromatic rings. The second kappa shape index (κ2) is 6.74. The van der Waals surface area contributed by atoms with Gasteiger partial charge in [0, 0.05) is 32.1 Å². The zero-order valence-electron chi connectivity index (χ0n) is 15.8. The molecule has 0 spiro atoms. The van der Waals surface area contributed by atoms with Crippen molar-refractivity contribution in [2.75, 3.05) is 37.0 Å². The minimum atomic E-state index is 0.249. The van der Waals surface area contributed by atoms with E-state index in [0.717, 1.165) is 48.9 Å². The number of hydrogen-bond donors (Lipinski definition) is 0. The summed E-state index contributed by atoms with van der Waals surface area (Å²) < 4.78 is 5.55. The highest BCUT2D eigenvalue weighted by molar-refractivity contribution is 7.19. The summed E-state index contributed by atoms with van der Waals surface area (Å²) in [6.07, 6.45) is 8.80. The van der Waals surface area contributed by atoms with E-state index in [4.69, 9.17) is 9.51 Å². The van der Waals surface area contributed by atoms with Gasteiger partial charge in [-0.3, -0.25) is 0 Å². The molecule has 0 aromatic carbocycles. The van der Waals surface area contributed by atoms with E-state index in [1.807, 2.05) is 30.3 Å². The van der Waals surface area contributed by atoms with Crippen LogP contribution in [0.5, 0.6) is 0 Å². The van der Waals surface area contributed by atoms with Gasteiger partial charge in [0.2, 0.25) is 5.89 Å². The third-order valence-corrected chi connectivity index (χ3v) is 6.83. The van der Waals surface area contributed by atoms with Gasteiger partial charge in [0.1, 0.15) is 17.0 Å². The molecule has 1 atom stereocenters. The zero-order valence-corrected chi connectivity index (χ0v) is 16.6. The van der Waals surface area contributed by atoms with Gasteiger partial charge in [-0.15, -0.1) is 11.3 Å². The Morgan fingerprint density at radius 3 is 2.93 bits per heavy atom. The second-order valence-electron chi connectivity index (χ2n) is 7.70. The lowest BCUT2D eigenvalue weighted by Crippen LogP contribution is -2.35. The topological polar surface area (TPSA) is 71.2 Å². The van der Waals surface area contributed by atoms with E-state index in [0.29, 0.717) is 5.95 Å². The molecule has 1 aliphatic heterocycles. The standard InChI is InChI=1S/C19H24N6OS/c1-24(2)19-22-17(26-23-19)12-6-5-9-25(10-12)16-15-13-7-3-4-8-14(13)27-18(15)21-11-20-16/h11-12H,3-10H2,1-2H3. The van der Waals surface area contributed by atoms with Gasteiger partial charge in [0.05, 0.1) is 11.3 Å². The first-order valence-corrected chi connectivity index (χ1v) is 10.5. The van der Waals surface area contributed by atoms with Gasteiger partial charge in [-0.1, -0.05) is 0 Å². The molecule has 1 unspecified atom stereocenters. The van der Waals surface area contributed by atoms with Crippen molar-refractivity contribution in [1.29, 1.82) is 0 Å². The Bertz CT molecular complexity index is 964. The number of hydrogen-bond acceptors (Lipinski definition) is 8. The van der Waals surface area contributed by atoms with Crippen LogP contribution in [0.4, 0.5) is 11.8 Å². The quantitative estimate of drug-likeness (QED) is 0.685. The van der Waals surface area contributed by atoms with Gasteiger partial charge in [-0.2, -0.15) is 4.98 Å². The highest BCUT2D eigenvalue weighted by atomic mass is 32.1. The lowest BCUT2D eigenvalue weighted by atomic mass is 9.95. The Morgan fingerprint density at radius 2 is 2.07 bits per heavy atom. The number of thiophene rings is 1. The zero-order chi connectivity index (χ0) is 18.4. The van der Waals surface area contributed by atoms with Crippen LogP contribution in [-0.4, -0.2) is 47.3 Å². The highest BCUT2D eigenvalue weighted by Gasteiger charge is 2.29. The van der Waals surface area contributed by atoms with E-state index in [1.54, 1.807) is 6.33 Å². The first-order chi connectivity index (χ1) is 13.2. The van der Waals surface area contributed by atoms with Crippen molar-refractivity contribution in [3.8, 4) is 0 Å². The molecular weight excluding hydrogens is 360 g/mol. The minimum absolute atomic E-state index is 0.249. The molecule has 1 fully saturated rings. The molecule has 3 aromatic heterocycles. The summed E-state index contributed by atoms with van der Waals surface area (Å²) in [7, 11) is 3.86. The normalized spacial score (nSPS) is 20.1. The van der Waals surface area contributed by atoms with Crippen molar-refractivity contribution in [2.24, 2.45) is 0 Å². The van der Waals surface area contributed by atoms with Crippen molar-refractivity contribution in [1.82, 2.24) is 20.1 Å². The largest absolute Gasteiger partial charge is 0.355 e. The number of fused-ring (bicyclic) bond motifs is 3. The van der Waals surface area contributed by atoms with Crippen molar-refractivity contribution in [3.63, 3.8) is 0 Å². The van der Waals surface area contributed by atoms with Crippen LogP contribution < -0.4 is 9.80 Å². The number of piperidine rings is 1. The monoisotopic (exact) mass is 384 g/mol. The molecule has 1 saturated heterocycles. The molecule has 0 N–H and O–H groups in total. The van der Waals surface area contributed by atoms with Crippen LogP contribution in [0.1, 0.15) is 47.9 Å². The SMILES string of the molecule is CN(C)c1noc(C2CCCN(c3ncnc4sc5c(c34)CCCC5)C2)n1.